The highest BCUT2D eigenvalue weighted by Gasteiger charge is 2.53. The van der Waals surface area contributed by atoms with Crippen LogP contribution in [0.4, 0.5) is 5.95 Å². The van der Waals surface area contributed by atoms with Gasteiger partial charge in [-0.2, -0.15) is 4.98 Å². The van der Waals surface area contributed by atoms with Gasteiger partial charge in [-0.25, -0.2) is 9.97 Å². The van der Waals surface area contributed by atoms with Gasteiger partial charge in [0, 0.05) is 69.1 Å². The number of carboxylic acid groups (broad SMARTS) is 1. The minimum atomic E-state index is -1.24. The van der Waals surface area contributed by atoms with E-state index in [9.17, 15) is 9.90 Å². The molecule has 6 rings (SSSR count). The molecule has 10 nitrogen and oxygen atoms in total. The second-order valence-corrected chi connectivity index (χ2v) is 19.5. The van der Waals surface area contributed by atoms with E-state index in [0.29, 0.717) is 42.7 Å². The van der Waals surface area contributed by atoms with Crippen molar-refractivity contribution >= 4 is 64.2 Å². The van der Waals surface area contributed by atoms with Gasteiger partial charge in [0.15, 0.2) is 5.65 Å². The average molecular weight is 676 g/mol. The number of pyridine rings is 1. The van der Waals surface area contributed by atoms with Gasteiger partial charge >= 0.3 is 5.97 Å². The highest BCUT2D eigenvalue weighted by atomic mass is 79.9. The predicted molar refractivity (Wildman–Crippen MR) is 169 cm³/mol. The lowest BCUT2D eigenvalue weighted by Gasteiger charge is -2.41. The average Bonchev–Trinajstić information content (AvgIpc) is 3.64. The number of ether oxygens (including phenoxy) is 2. The Morgan fingerprint density at radius 1 is 1.21 bits per heavy atom. The van der Waals surface area contributed by atoms with Crippen LogP contribution in [-0.2, 0) is 21.0 Å². The molecule has 224 valence electrons. The third kappa shape index (κ3) is 5.25. The highest BCUT2D eigenvalue weighted by molar-refractivity contribution is 9.10. The van der Waals surface area contributed by atoms with Crippen LogP contribution in [0.1, 0.15) is 19.8 Å². The number of piperidine rings is 1. The first kappa shape index (κ1) is 29.6. The van der Waals surface area contributed by atoms with E-state index in [1.165, 1.54) is 0 Å². The van der Waals surface area contributed by atoms with Crippen LogP contribution in [0.3, 0.4) is 0 Å². The number of nitrogens with zero attached hydrogens (tertiary/aromatic N) is 6. The molecule has 0 unspecified atom stereocenters. The Balaban J connectivity index is 1.41. The Morgan fingerprint density at radius 2 is 1.98 bits per heavy atom. The first-order chi connectivity index (χ1) is 20.0. The van der Waals surface area contributed by atoms with E-state index in [1.54, 1.807) is 12.4 Å². The molecule has 1 N–H and O–H groups in total. The van der Waals surface area contributed by atoms with Gasteiger partial charge in [0.1, 0.15) is 17.0 Å². The van der Waals surface area contributed by atoms with Crippen molar-refractivity contribution < 1.29 is 19.4 Å². The quantitative estimate of drug-likeness (QED) is 0.134. The summed E-state index contributed by atoms with van der Waals surface area (Å²) in [6.45, 7) is 11.8. The Labute approximate surface area is 259 Å². The molecule has 13 heteroatoms. The molecule has 4 aromatic heterocycles. The van der Waals surface area contributed by atoms with Crippen molar-refractivity contribution in [1.29, 1.82) is 0 Å². The number of imidazole rings is 1. The summed E-state index contributed by atoms with van der Waals surface area (Å²) < 4.78 is 16.7. The smallest absolute Gasteiger partial charge is 0.309 e. The van der Waals surface area contributed by atoms with Crippen LogP contribution < -0.4 is 4.90 Å². The van der Waals surface area contributed by atoms with Gasteiger partial charge in [-0.3, -0.25) is 9.20 Å². The maximum Gasteiger partial charge on any atom is 0.309 e. The zero-order valence-electron chi connectivity index (χ0n) is 24.3. The van der Waals surface area contributed by atoms with E-state index in [2.05, 4.69) is 45.5 Å². The van der Waals surface area contributed by atoms with Crippen molar-refractivity contribution in [3.8, 4) is 11.1 Å². The van der Waals surface area contributed by atoms with Crippen LogP contribution in [0.15, 0.2) is 35.5 Å². The van der Waals surface area contributed by atoms with Gasteiger partial charge in [0.2, 0.25) is 5.95 Å². The number of halogens is 2. The molecule has 6 heterocycles. The van der Waals surface area contributed by atoms with Gasteiger partial charge in [0.05, 0.1) is 29.0 Å². The number of aliphatic carboxylic acids is 1. The van der Waals surface area contributed by atoms with Crippen LogP contribution in [0.2, 0.25) is 30.7 Å². The van der Waals surface area contributed by atoms with Gasteiger partial charge in [-0.05, 0) is 47.8 Å². The van der Waals surface area contributed by atoms with Crippen molar-refractivity contribution in [3.05, 3.63) is 40.5 Å². The van der Waals surface area contributed by atoms with Crippen LogP contribution in [0, 0.1) is 11.3 Å². The third-order valence-electron chi connectivity index (χ3n) is 8.77. The SMILES string of the molecule is C[C@@H]1OCC2(CCN(c3nc4c(c(-c5ccnc(Br)c5Cl)cn4COCC[Si](C)(C)C)c4nccn34)CC2)[C@@H]1C(=O)O. The number of hydrogen-bond donors (Lipinski definition) is 1. The number of anilines is 1. The highest BCUT2D eigenvalue weighted by Crippen LogP contribution is 2.47. The molecule has 2 atom stereocenters. The second kappa shape index (κ2) is 11.2. The topological polar surface area (TPSA) is 107 Å². The van der Waals surface area contributed by atoms with E-state index in [4.69, 9.17) is 31.0 Å². The molecule has 4 aromatic rings. The van der Waals surface area contributed by atoms with E-state index < -0.39 is 20.0 Å². The third-order valence-corrected chi connectivity index (χ3v) is 11.7. The summed E-state index contributed by atoms with van der Waals surface area (Å²) >= 11 is 10.2. The van der Waals surface area contributed by atoms with Crippen LogP contribution in [-0.4, -0.2) is 75.5 Å². The van der Waals surface area contributed by atoms with Gasteiger partial charge in [0.25, 0.3) is 0 Å². The lowest BCUT2D eigenvalue weighted by molar-refractivity contribution is -0.146. The fourth-order valence-corrected chi connectivity index (χ4v) is 7.73. The number of hydrogen-bond acceptors (Lipinski definition) is 7. The summed E-state index contributed by atoms with van der Waals surface area (Å²) in [6, 6.07) is 2.97. The van der Waals surface area contributed by atoms with E-state index in [0.717, 1.165) is 52.6 Å². The largest absolute Gasteiger partial charge is 0.481 e. The molecule has 2 aliphatic heterocycles. The number of carboxylic acids is 1. The van der Waals surface area contributed by atoms with Crippen molar-refractivity contribution in [2.24, 2.45) is 11.3 Å². The molecule has 0 saturated carbocycles. The Morgan fingerprint density at radius 3 is 2.69 bits per heavy atom. The summed E-state index contributed by atoms with van der Waals surface area (Å²) in [4.78, 5) is 28.7. The minimum absolute atomic E-state index is 0.286. The van der Waals surface area contributed by atoms with Gasteiger partial charge in [-0.1, -0.05) is 31.2 Å². The zero-order valence-corrected chi connectivity index (χ0v) is 27.7. The normalized spacial score (nSPS) is 20.8. The molecule has 2 saturated heterocycles. The lowest BCUT2D eigenvalue weighted by atomic mass is 9.69. The fourth-order valence-electron chi connectivity index (χ4n) is 6.43. The second-order valence-electron chi connectivity index (χ2n) is 12.7. The molecule has 1 spiro atoms. The summed E-state index contributed by atoms with van der Waals surface area (Å²) in [5.41, 5.74) is 2.91. The summed E-state index contributed by atoms with van der Waals surface area (Å²) in [5, 5.41) is 11.4. The molecule has 0 amide bonds. The Bertz CT molecular complexity index is 1640. The van der Waals surface area contributed by atoms with Crippen molar-refractivity contribution in [3.63, 3.8) is 0 Å². The molecule has 2 fully saturated rings. The zero-order chi connectivity index (χ0) is 29.8. The first-order valence-electron chi connectivity index (χ1n) is 14.3. The van der Waals surface area contributed by atoms with Gasteiger partial charge in [-0.15, -0.1) is 0 Å². The predicted octanol–water partition coefficient (Wildman–Crippen LogP) is 6.18. The van der Waals surface area contributed by atoms with Crippen LogP contribution in [0.25, 0.3) is 27.8 Å². The standard InChI is InChI=1S/C29H36BrClN6O4Si/c1-18-22(27(38)39)29(16-41-18)6-10-35(11-7-29)28-34-26-21(25-33-9-12-37(25)28)20(19-5-8-32-24(30)23(19)31)15-36(26)17-40-13-14-42(2,3)4/h5,8-9,12,15,18,22H,6-7,10-11,13-14,16-17H2,1-4H3,(H,38,39)/t18-,22-/m0/s1. The monoisotopic (exact) mass is 674 g/mol. The molecule has 2 aliphatic rings. The summed E-state index contributed by atoms with van der Waals surface area (Å²) in [7, 11) is -1.24. The molecule has 0 bridgehead atoms. The van der Waals surface area contributed by atoms with Crippen LogP contribution >= 0.6 is 27.5 Å². The molecule has 0 radical (unpaired) electrons. The Kier molecular flexibility index (Phi) is 7.88. The number of rotatable bonds is 8. The van der Waals surface area contributed by atoms with Crippen molar-refractivity contribution in [1.82, 2.24) is 23.9 Å². The minimum Gasteiger partial charge on any atom is -0.481 e. The summed E-state index contributed by atoms with van der Waals surface area (Å²) in [6.07, 6.45) is 8.63. The molecule has 42 heavy (non-hydrogen) atoms. The van der Waals surface area contributed by atoms with Crippen molar-refractivity contribution in [2.75, 3.05) is 31.2 Å². The van der Waals surface area contributed by atoms with Gasteiger partial charge < -0.3 is 24.0 Å². The van der Waals surface area contributed by atoms with E-state index in [-0.39, 0.29) is 11.5 Å². The maximum atomic E-state index is 12.1. The van der Waals surface area contributed by atoms with Crippen molar-refractivity contribution in [2.45, 2.75) is 58.3 Å². The summed E-state index contributed by atoms with van der Waals surface area (Å²) in [5.74, 6) is -0.495. The first-order valence-corrected chi connectivity index (χ1v) is 19.2. The Hall–Kier alpha value is -2.51. The number of fused-ring (bicyclic) bond motifs is 3. The maximum absolute atomic E-state index is 12.1. The van der Waals surface area contributed by atoms with E-state index >= 15 is 0 Å². The molecular formula is C29H36BrClN6O4Si. The van der Waals surface area contributed by atoms with Crippen LogP contribution in [0.5, 0.6) is 0 Å². The molecule has 0 aromatic carbocycles. The molecular weight excluding hydrogens is 640 g/mol. The number of carbonyl (C=O) groups is 1. The molecule has 0 aliphatic carbocycles. The fraction of sp³-hybridized carbons (Fsp3) is 0.517. The number of aromatic nitrogens is 5. The van der Waals surface area contributed by atoms with E-state index in [1.807, 2.05) is 34.4 Å². The lowest BCUT2D eigenvalue weighted by Crippen LogP contribution is -2.47.